The summed E-state index contributed by atoms with van der Waals surface area (Å²) in [6, 6.07) is 10.9. The van der Waals surface area contributed by atoms with E-state index in [4.69, 9.17) is 10.9 Å². The quantitative estimate of drug-likeness (QED) is 0.745. The maximum absolute atomic E-state index is 12.2. The number of rotatable bonds is 3. The number of nitrogens with two attached hydrogens (primary N) is 2. The van der Waals surface area contributed by atoms with Gasteiger partial charge >= 0.3 is 0 Å². The molecule has 2 rings (SSSR count). The van der Waals surface area contributed by atoms with Crippen LogP contribution in [0, 0.1) is 6.92 Å². The van der Waals surface area contributed by atoms with Gasteiger partial charge in [-0.25, -0.2) is 13.6 Å². The normalized spacial score (nSPS) is 11.1. The van der Waals surface area contributed by atoms with Gasteiger partial charge in [-0.3, -0.25) is 4.79 Å². The van der Waals surface area contributed by atoms with Crippen LogP contribution < -0.4 is 16.2 Å². The molecule has 0 atom stereocenters. The number of benzene rings is 2. The van der Waals surface area contributed by atoms with Crippen molar-refractivity contribution in [1.29, 1.82) is 0 Å². The number of carbonyl (C=O) groups excluding carboxylic acids is 1. The maximum Gasteiger partial charge on any atom is 0.257 e. The summed E-state index contributed by atoms with van der Waals surface area (Å²) in [5.74, 6) is -0.414. The molecule has 110 valence electrons. The van der Waals surface area contributed by atoms with Crippen molar-refractivity contribution in [2.45, 2.75) is 11.8 Å². The topological polar surface area (TPSA) is 115 Å². The number of primary sulfonamides is 1. The molecule has 0 aliphatic rings. The van der Waals surface area contributed by atoms with Crippen LogP contribution in [0.4, 0.5) is 11.4 Å². The van der Waals surface area contributed by atoms with Gasteiger partial charge in [0.25, 0.3) is 5.91 Å². The summed E-state index contributed by atoms with van der Waals surface area (Å²) < 4.78 is 22.7. The lowest BCUT2D eigenvalue weighted by Crippen LogP contribution is -2.16. The second-order valence-corrected chi connectivity index (χ2v) is 6.12. The fourth-order valence-electron chi connectivity index (χ4n) is 1.81. The highest BCUT2D eigenvalue weighted by Gasteiger charge is 2.14. The zero-order valence-corrected chi connectivity index (χ0v) is 12.1. The van der Waals surface area contributed by atoms with E-state index in [2.05, 4.69) is 5.32 Å². The fourth-order valence-corrected chi connectivity index (χ4v) is 2.35. The third kappa shape index (κ3) is 3.39. The number of aryl methyl sites for hydroxylation is 1. The zero-order chi connectivity index (χ0) is 15.6. The van der Waals surface area contributed by atoms with E-state index in [9.17, 15) is 13.2 Å². The first-order chi connectivity index (χ1) is 9.79. The van der Waals surface area contributed by atoms with Crippen LogP contribution in [0.3, 0.4) is 0 Å². The predicted octanol–water partition coefficient (Wildman–Crippen LogP) is 1.48. The number of hydrogen-bond donors (Lipinski definition) is 3. The van der Waals surface area contributed by atoms with Gasteiger partial charge < -0.3 is 11.1 Å². The van der Waals surface area contributed by atoms with Crippen LogP contribution >= 0.6 is 0 Å². The summed E-state index contributed by atoms with van der Waals surface area (Å²) in [6.45, 7) is 1.75. The number of hydrogen-bond acceptors (Lipinski definition) is 4. The molecule has 0 unspecified atom stereocenters. The third-order valence-corrected chi connectivity index (χ3v) is 3.90. The third-order valence-electron chi connectivity index (χ3n) is 2.99. The highest BCUT2D eigenvalue weighted by Crippen LogP contribution is 2.21. The molecule has 2 aromatic rings. The number of nitrogen functional groups attached to an aromatic ring is 1. The van der Waals surface area contributed by atoms with E-state index >= 15 is 0 Å². The Kier molecular flexibility index (Phi) is 3.97. The second-order valence-electron chi connectivity index (χ2n) is 4.56. The SMILES string of the molecule is Cc1ccc(S(N)(=O)=O)cc1NC(=O)c1ccccc1N. The Morgan fingerprint density at radius 2 is 1.81 bits per heavy atom. The molecule has 1 amide bonds. The summed E-state index contributed by atoms with van der Waals surface area (Å²) in [7, 11) is -3.83. The van der Waals surface area contributed by atoms with E-state index < -0.39 is 15.9 Å². The average Bonchev–Trinajstić information content (AvgIpc) is 2.40. The van der Waals surface area contributed by atoms with E-state index in [1.165, 1.54) is 12.1 Å². The Morgan fingerprint density at radius 1 is 1.14 bits per heavy atom. The molecule has 0 radical (unpaired) electrons. The zero-order valence-electron chi connectivity index (χ0n) is 11.3. The molecule has 0 spiro atoms. The molecular formula is C14H15N3O3S. The molecule has 5 N–H and O–H groups in total. The first-order valence-corrected chi connectivity index (χ1v) is 7.63. The van der Waals surface area contributed by atoms with E-state index in [0.717, 1.165) is 0 Å². The molecule has 0 aliphatic heterocycles. The van der Waals surface area contributed by atoms with Gasteiger partial charge in [-0.15, -0.1) is 0 Å². The van der Waals surface area contributed by atoms with Gasteiger partial charge in [0, 0.05) is 11.4 Å². The number of amides is 1. The van der Waals surface area contributed by atoms with Crippen LogP contribution in [0.1, 0.15) is 15.9 Å². The van der Waals surface area contributed by atoms with Crippen LogP contribution in [0.5, 0.6) is 0 Å². The highest BCUT2D eigenvalue weighted by molar-refractivity contribution is 7.89. The van der Waals surface area contributed by atoms with Crippen LogP contribution in [0.2, 0.25) is 0 Å². The smallest absolute Gasteiger partial charge is 0.257 e. The maximum atomic E-state index is 12.2. The molecule has 0 aromatic heterocycles. The van der Waals surface area contributed by atoms with Gasteiger partial charge in [-0.2, -0.15) is 0 Å². The molecule has 21 heavy (non-hydrogen) atoms. The van der Waals surface area contributed by atoms with Gasteiger partial charge in [0.15, 0.2) is 0 Å². The second kappa shape index (κ2) is 5.55. The van der Waals surface area contributed by atoms with Crippen molar-refractivity contribution >= 4 is 27.3 Å². The van der Waals surface area contributed by atoms with Gasteiger partial charge in [0.2, 0.25) is 10.0 Å². The molecule has 2 aromatic carbocycles. The van der Waals surface area contributed by atoms with Gasteiger partial charge in [0.1, 0.15) is 0 Å². The number of sulfonamides is 1. The summed E-state index contributed by atoms with van der Waals surface area (Å²) in [5, 5.41) is 7.72. The monoisotopic (exact) mass is 305 g/mol. The lowest BCUT2D eigenvalue weighted by molar-refractivity contribution is 0.102. The molecule has 0 heterocycles. The summed E-state index contributed by atoms with van der Waals surface area (Å²) >= 11 is 0. The van der Waals surface area contributed by atoms with E-state index in [0.29, 0.717) is 22.5 Å². The summed E-state index contributed by atoms with van der Waals surface area (Å²) in [4.78, 5) is 12.1. The first kappa shape index (κ1) is 15.0. The molecule has 0 saturated heterocycles. The van der Waals surface area contributed by atoms with Gasteiger partial charge in [0.05, 0.1) is 10.5 Å². The molecule has 0 saturated carbocycles. The fraction of sp³-hybridized carbons (Fsp3) is 0.0714. The molecule has 0 bridgehead atoms. The number of anilines is 2. The van der Waals surface area contributed by atoms with Gasteiger partial charge in [-0.1, -0.05) is 18.2 Å². The molecule has 7 heteroatoms. The number of carbonyl (C=O) groups is 1. The summed E-state index contributed by atoms with van der Waals surface area (Å²) in [5.41, 5.74) is 7.48. The van der Waals surface area contributed by atoms with E-state index in [1.807, 2.05) is 0 Å². The Labute approximate surface area is 122 Å². The van der Waals surface area contributed by atoms with Crippen LogP contribution in [-0.4, -0.2) is 14.3 Å². The minimum absolute atomic E-state index is 0.0653. The standard InChI is InChI=1S/C14H15N3O3S/c1-9-6-7-10(21(16,19)20)8-13(9)17-14(18)11-4-2-3-5-12(11)15/h2-8H,15H2,1H3,(H,17,18)(H2,16,19,20). The first-order valence-electron chi connectivity index (χ1n) is 6.08. The Bertz CT molecular complexity index is 801. The molecule has 6 nitrogen and oxygen atoms in total. The number of nitrogens with one attached hydrogen (secondary N) is 1. The highest BCUT2D eigenvalue weighted by atomic mass is 32.2. The number of para-hydroxylation sites is 1. The predicted molar refractivity (Wildman–Crippen MR) is 81.4 cm³/mol. The minimum atomic E-state index is -3.83. The van der Waals surface area contributed by atoms with E-state index in [1.54, 1.807) is 37.3 Å². The Hall–Kier alpha value is -2.38. The minimum Gasteiger partial charge on any atom is -0.398 e. The largest absolute Gasteiger partial charge is 0.398 e. The Morgan fingerprint density at radius 3 is 2.43 bits per heavy atom. The lowest BCUT2D eigenvalue weighted by Gasteiger charge is -2.11. The van der Waals surface area contributed by atoms with Crippen molar-refractivity contribution in [3.63, 3.8) is 0 Å². The average molecular weight is 305 g/mol. The van der Waals surface area contributed by atoms with Crippen molar-refractivity contribution < 1.29 is 13.2 Å². The lowest BCUT2D eigenvalue weighted by atomic mass is 10.1. The van der Waals surface area contributed by atoms with Crippen molar-refractivity contribution in [2.24, 2.45) is 5.14 Å². The van der Waals surface area contributed by atoms with E-state index in [-0.39, 0.29) is 4.90 Å². The summed E-state index contributed by atoms with van der Waals surface area (Å²) in [6.07, 6.45) is 0. The van der Waals surface area contributed by atoms with Crippen LogP contribution in [0.15, 0.2) is 47.4 Å². The van der Waals surface area contributed by atoms with Crippen molar-refractivity contribution in [3.05, 3.63) is 53.6 Å². The van der Waals surface area contributed by atoms with Crippen LogP contribution in [-0.2, 0) is 10.0 Å². The molecular weight excluding hydrogens is 290 g/mol. The van der Waals surface area contributed by atoms with Gasteiger partial charge in [-0.05, 0) is 36.8 Å². The molecule has 0 fully saturated rings. The van der Waals surface area contributed by atoms with Crippen molar-refractivity contribution in [2.75, 3.05) is 11.1 Å². The van der Waals surface area contributed by atoms with Crippen molar-refractivity contribution in [1.82, 2.24) is 0 Å². The van der Waals surface area contributed by atoms with Crippen molar-refractivity contribution in [3.8, 4) is 0 Å². The van der Waals surface area contributed by atoms with Crippen LogP contribution in [0.25, 0.3) is 0 Å². The molecule has 0 aliphatic carbocycles. The Balaban J connectivity index is 2.36.